The molecule has 16 heavy (non-hydrogen) atoms. The molecule has 6 heteroatoms. The third-order valence-electron chi connectivity index (χ3n) is 3.08. The van der Waals surface area contributed by atoms with Crippen LogP contribution >= 0.6 is 0 Å². The quantitative estimate of drug-likeness (QED) is 0.743. The number of piperidine rings is 1. The molecule has 0 aromatic heterocycles. The van der Waals surface area contributed by atoms with Crippen LogP contribution in [0, 0.1) is 5.92 Å². The highest BCUT2D eigenvalue weighted by Crippen LogP contribution is 2.33. The van der Waals surface area contributed by atoms with Crippen molar-refractivity contribution in [3.8, 4) is 0 Å². The van der Waals surface area contributed by atoms with Gasteiger partial charge in [-0.1, -0.05) is 0 Å². The minimum absolute atomic E-state index is 0.136. The Bertz CT molecular complexity index is 276. The normalized spacial score (nSPS) is 26.7. The maximum absolute atomic E-state index is 12.5. The molecule has 92 valence electrons. The molecule has 0 aromatic rings. The van der Waals surface area contributed by atoms with Crippen LogP contribution in [0.4, 0.5) is 18.0 Å². The van der Waals surface area contributed by atoms with Gasteiger partial charge in [-0.15, -0.1) is 0 Å². The maximum Gasteiger partial charge on any atom is 0.393 e. The van der Waals surface area contributed by atoms with E-state index in [2.05, 4.69) is 5.32 Å². The van der Waals surface area contributed by atoms with Gasteiger partial charge in [0.25, 0.3) is 0 Å². The van der Waals surface area contributed by atoms with E-state index in [0.717, 1.165) is 12.8 Å². The Hall–Kier alpha value is -0.940. The van der Waals surface area contributed by atoms with Gasteiger partial charge in [-0.2, -0.15) is 13.2 Å². The standard InChI is InChI=1S/C10H15F3N2O/c11-10(12,13)7-2-1-5-15(6-7)9(16)14-8-3-4-8/h7-8H,1-6H2,(H,14,16). The Morgan fingerprint density at radius 3 is 2.50 bits per heavy atom. The number of alkyl halides is 3. The van der Waals surface area contributed by atoms with Gasteiger partial charge in [-0.25, -0.2) is 4.79 Å². The van der Waals surface area contributed by atoms with Gasteiger partial charge in [0.1, 0.15) is 0 Å². The van der Waals surface area contributed by atoms with E-state index in [9.17, 15) is 18.0 Å². The summed E-state index contributed by atoms with van der Waals surface area (Å²) in [6.07, 6.45) is -1.72. The van der Waals surface area contributed by atoms with Crippen LogP contribution in [0.5, 0.6) is 0 Å². The second-order valence-corrected chi connectivity index (χ2v) is 4.55. The molecule has 2 fully saturated rings. The largest absolute Gasteiger partial charge is 0.393 e. The summed E-state index contributed by atoms with van der Waals surface area (Å²) in [4.78, 5) is 12.9. The number of hydrogen-bond donors (Lipinski definition) is 1. The van der Waals surface area contributed by atoms with E-state index in [1.807, 2.05) is 0 Å². The minimum atomic E-state index is -4.18. The number of halogens is 3. The summed E-state index contributed by atoms with van der Waals surface area (Å²) < 4.78 is 37.5. The summed E-state index contributed by atoms with van der Waals surface area (Å²) in [6.45, 7) is 0.243. The van der Waals surface area contributed by atoms with Gasteiger partial charge >= 0.3 is 12.2 Å². The van der Waals surface area contributed by atoms with Crippen LogP contribution in [-0.4, -0.2) is 36.2 Å². The lowest BCUT2D eigenvalue weighted by Crippen LogP contribution is -2.49. The zero-order chi connectivity index (χ0) is 11.8. The second-order valence-electron chi connectivity index (χ2n) is 4.55. The molecule has 2 amide bonds. The van der Waals surface area contributed by atoms with E-state index in [4.69, 9.17) is 0 Å². The van der Waals surface area contributed by atoms with Crippen LogP contribution in [0.3, 0.4) is 0 Å². The average Bonchev–Trinajstić information content (AvgIpc) is 3.00. The molecule has 1 unspecified atom stereocenters. The van der Waals surface area contributed by atoms with Crippen LogP contribution in [0.2, 0.25) is 0 Å². The molecule has 1 N–H and O–H groups in total. The monoisotopic (exact) mass is 236 g/mol. The highest BCUT2D eigenvalue weighted by atomic mass is 19.4. The zero-order valence-electron chi connectivity index (χ0n) is 8.89. The third-order valence-corrected chi connectivity index (χ3v) is 3.08. The molecule has 0 radical (unpaired) electrons. The fraction of sp³-hybridized carbons (Fsp3) is 0.900. The van der Waals surface area contributed by atoms with Crippen LogP contribution in [0.15, 0.2) is 0 Å². The zero-order valence-corrected chi connectivity index (χ0v) is 8.89. The predicted octanol–water partition coefficient (Wildman–Crippen LogP) is 2.13. The molecule has 0 aromatic carbocycles. The van der Waals surface area contributed by atoms with Crippen molar-refractivity contribution in [1.82, 2.24) is 10.2 Å². The average molecular weight is 236 g/mol. The number of carbonyl (C=O) groups is 1. The summed E-state index contributed by atoms with van der Waals surface area (Å²) in [5.74, 6) is -1.36. The number of urea groups is 1. The Balaban J connectivity index is 1.87. The molecule has 0 spiro atoms. The number of rotatable bonds is 1. The van der Waals surface area contributed by atoms with E-state index in [1.54, 1.807) is 0 Å². The van der Waals surface area contributed by atoms with E-state index in [1.165, 1.54) is 4.90 Å². The van der Waals surface area contributed by atoms with Crippen LogP contribution in [0.25, 0.3) is 0 Å². The Kier molecular flexibility index (Phi) is 2.99. The van der Waals surface area contributed by atoms with Crippen molar-refractivity contribution >= 4 is 6.03 Å². The summed E-state index contributed by atoms with van der Waals surface area (Å²) >= 11 is 0. The number of likely N-dealkylation sites (tertiary alicyclic amines) is 1. The van der Waals surface area contributed by atoms with Gasteiger partial charge in [0.2, 0.25) is 0 Å². The first-order valence-electron chi connectivity index (χ1n) is 5.59. The lowest BCUT2D eigenvalue weighted by molar-refractivity contribution is -0.183. The van der Waals surface area contributed by atoms with Crippen molar-refractivity contribution in [3.05, 3.63) is 0 Å². The first-order valence-corrected chi connectivity index (χ1v) is 5.59. The van der Waals surface area contributed by atoms with Crippen molar-refractivity contribution in [2.75, 3.05) is 13.1 Å². The molecule has 1 aliphatic heterocycles. The summed E-state index contributed by atoms with van der Waals surface area (Å²) in [7, 11) is 0. The van der Waals surface area contributed by atoms with Gasteiger partial charge in [0.15, 0.2) is 0 Å². The van der Waals surface area contributed by atoms with Crippen LogP contribution in [-0.2, 0) is 0 Å². The number of nitrogens with one attached hydrogen (secondary N) is 1. The smallest absolute Gasteiger partial charge is 0.335 e. The Morgan fingerprint density at radius 1 is 1.25 bits per heavy atom. The highest BCUT2D eigenvalue weighted by Gasteiger charge is 2.43. The number of amides is 2. The van der Waals surface area contributed by atoms with Gasteiger partial charge in [0.05, 0.1) is 5.92 Å². The van der Waals surface area contributed by atoms with Gasteiger partial charge < -0.3 is 10.2 Å². The first-order chi connectivity index (χ1) is 7.47. The predicted molar refractivity (Wildman–Crippen MR) is 51.9 cm³/mol. The van der Waals surface area contributed by atoms with Crippen molar-refractivity contribution in [1.29, 1.82) is 0 Å². The highest BCUT2D eigenvalue weighted by molar-refractivity contribution is 5.75. The van der Waals surface area contributed by atoms with E-state index >= 15 is 0 Å². The van der Waals surface area contributed by atoms with Crippen LogP contribution < -0.4 is 5.32 Å². The second kappa shape index (κ2) is 4.14. The van der Waals surface area contributed by atoms with E-state index in [-0.39, 0.29) is 25.0 Å². The minimum Gasteiger partial charge on any atom is -0.335 e. The molecule has 1 saturated carbocycles. The number of nitrogens with zero attached hydrogens (tertiary/aromatic N) is 1. The molecular formula is C10H15F3N2O. The molecule has 1 saturated heterocycles. The fourth-order valence-electron chi connectivity index (χ4n) is 1.92. The van der Waals surface area contributed by atoms with Gasteiger partial charge in [-0.05, 0) is 25.7 Å². The molecule has 1 aliphatic carbocycles. The number of carbonyl (C=O) groups excluding carboxylic acids is 1. The van der Waals surface area contributed by atoms with Crippen molar-refractivity contribution in [2.24, 2.45) is 5.92 Å². The summed E-state index contributed by atoms with van der Waals surface area (Å²) in [6, 6.07) is -0.143. The maximum atomic E-state index is 12.5. The lowest BCUT2D eigenvalue weighted by Gasteiger charge is -2.33. The lowest BCUT2D eigenvalue weighted by atomic mass is 9.98. The fourth-order valence-corrected chi connectivity index (χ4v) is 1.92. The molecule has 3 nitrogen and oxygen atoms in total. The molecule has 1 atom stereocenters. The number of hydrogen-bond acceptors (Lipinski definition) is 1. The van der Waals surface area contributed by atoms with Crippen molar-refractivity contribution in [3.63, 3.8) is 0 Å². The summed E-state index contributed by atoms with van der Waals surface area (Å²) in [5, 5.41) is 2.72. The Morgan fingerprint density at radius 2 is 1.94 bits per heavy atom. The van der Waals surface area contributed by atoms with Gasteiger partial charge in [0, 0.05) is 19.1 Å². The summed E-state index contributed by atoms with van der Waals surface area (Å²) in [5.41, 5.74) is 0. The molecule has 2 rings (SSSR count). The van der Waals surface area contributed by atoms with E-state index < -0.39 is 12.1 Å². The van der Waals surface area contributed by atoms with Crippen LogP contribution in [0.1, 0.15) is 25.7 Å². The van der Waals surface area contributed by atoms with Crippen molar-refractivity contribution < 1.29 is 18.0 Å². The van der Waals surface area contributed by atoms with E-state index in [0.29, 0.717) is 13.0 Å². The van der Waals surface area contributed by atoms with Gasteiger partial charge in [-0.3, -0.25) is 0 Å². The first kappa shape index (κ1) is 11.5. The SMILES string of the molecule is O=C(NC1CC1)N1CCCC(C(F)(F)F)C1. The van der Waals surface area contributed by atoms with Crippen molar-refractivity contribution in [2.45, 2.75) is 37.9 Å². The molecule has 2 aliphatic rings. The Labute approximate surface area is 92.0 Å². The molecule has 1 heterocycles. The molecule has 0 bridgehead atoms. The third kappa shape index (κ3) is 2.80. The topological polar surface area (TPSA) is 32.3 Å². The molecular weight excluding hydrogens is 221 g/mol.